The molecular weight excluding hydrogens is 387 g/mol. The zero-order chi connectivity index (χ0) is 19.4. The van der Waals surface area contributed by atoms with Crippen molar-refractivity contribution in [2.24, 2.45) is 0 Å². The topological polar surface area (TPSA) is 85.2 Å². The standard InChI is InChI=1S/C19H22Cl2N4O2/c20-13-5-6-15(14(21)10-13)23-18(27)16-4-3-9-25(16)11-17(26)24-19(12-22)7-1-2-8-19/h5-6,10,16H,1-4,7-9,11H2,(H,23,27)(H,24,26)/t16-/m1/s1. The van der Waals surface area contributed by atoms with Gasteiger partial charge in [-0.25, -0.2) is 0 Å². The molecule has 6 nitrogen and oxygen atoms in total. The van der Waals surface area contributed by atoms with Crippen LogP contribution < -0.4 is 10.6 Å². The Kier molecular flexibility index (Phi) is 6.25. The lowest BCUT2D eigenvalue weighted by molar-refractivity contribution is -0.125. The van der Waals surface area contributed by atoms with E-state index in [1.54, 1.807) is 18.2 Å². The fourth-order valence-corrected chi connectivity index (χ4v) is 4.31. The molecule has 27 heavy (non-hydrogen) atoms. The molecule has 1 saturated carbocycles. The number of hydrogen-bond acceptors (Lipinski definition) is 4. The quantitative estimate of drug-likeness (QED) is 0.781. The first-order valence-electron chi connectivity index (χ1n) is 9.15. The summed E-state index contributed by atoms with van der Waals surface area (Å²) in [6, 6.07) is 6.74. The Balaban J connectivity index is 1.60. The number of nitrogens with one attached hydrogen (secondary N) is 2. The molecule has 1 aliphatic carbocycles. The van der Waals surface area contributed by atoms with Crippen LogP contribution >= 0.6 is 23.2 Å². The molecule has 1 heterocycles. The lowest BCUT2D eigenvalue weighted by Crippen LogP contribution is -2.51. The largest absolute Gasteiger partial charge is 0.337 e. The minimum absolute atomic E-state index is 0.107. The Morgan fingerprint density at radius 2 is 2.00 bits per heavy atom. The summed E-state index contributed by atoms with van der Waals surface area (Å²) >= 11 is 12.0. The van der Waals surface area contributed by atoms with Crippen LogP contribution in [-0.4, -0.2) is 41.4 Å². The molecule has 1 aliphatic heterocycles. The fraction of sp³-hybridized carbons (Fsp3) is 0.526. The van der Waals surface area contributed by atoms with Gasteiger partial charge in [0.25, 0.3) is 0 Å². The Morgan fingerprint density at radius 3 is 2.67 bits per heavy atom. The third kappa shape index (κ3) is 4.73. The molecule has 0 bridgehead atoms. The Morgan fingerprint density at radius 1 is 1.26 bits per heavy atom. The second-order valence-corrected chi connectivity index (χ2v) is 8.03. The maximum atomic E-state index is 12.7. The van der Waals surface area contributed by atoms with E-state index in [-0.39, 0.29) is 18.4 Å². The van der Waals surface area contributed by atoms with Crippen molar-refractivity contribution in [3.8, 4) is 6.07 Å². The molecule has 0 radical (unpaired) electrons. The van der Waals surface area contributed by atoms with E-state index in [0.29, 0.717) is 41.5 Å². The summed E-state index contributed by atoms with van der Waals surface area (Å²) < 4.78 is 0. The van der Waals surface area contributed by atoms with Gasteiger partial charge in [0, 0.05) is 5.02 Å². The number of amides is 2. The van der Waals surface area contributed by atoms with Crippen molar-refractivity contribution in [3.63, 3.8) is 0 Å². The van der Waals surface area contributed by atoms with Crippen LogP contribution in [0.4, 0.5) is 5.69 Å². The molecule has 1 aromatic carbocycles. The number of benzene rings is 1. The van der Waals surface area contributed by atoms with Crippen molar-refractivity contribution < 1.29 is 9.59 Å². The lowest BCUT2D eigenvalue weighted by Gasteiger charge is -2.26. The second kappa shape index (κ2) is 8.47. The molecule has 1 atom stereocenters. The average molecular weight is 409 g/mol. The molecule has 1 aromatic rings. The van der Waals surface area contributed by atoms with E-state index in [4.69, 9.17) is 23.2 Å². The molecular formula is C19H22Cl2N4O2. The highest BCUT2D eigenvalue weighted by atomic mass is 35.5. The highest BCUT2D eigenvalue weighted by Crippen LogP contribution is 2.29. The van der Waals surface area contributed by atoms with Gasteiger partial charge in [-0.3, -0.25) is 14.5 Å². The summed E-state index contributed by atoms with van der Waals surface area (Å²) in [5, 5.41) is 16.0. The van der Waals surface area contributed by atoms with E-state index in [9.17, 15) is 14.9 Å². The van der Waals surface area contributed by atoms with Gasteiger partial charge in [-0.05, 0) is 63.3 Å². The molecule has 1 saturated heterocycles. The first-order chi connectivity index (χ1) is 12.9. The van der Waals surface area contributed by atoms with Crippen LogP contribution in [0.5, 0.6) is 0 Å². The Labute approximate surface area is 168 Å². The highest BCUT2D eigenvalue weighted by Gasteiger charge is 2.37. The normalized spacial score (nSPS) is 21.6. The van der Waals surface area contributed by atoms with Gasteiger partial charge in [-0.2, -0.15) is 5.26 Å². The van der Waals surface area contributed by atoms with Gasteiger partial charge in [0.15, 0.2) is 0 Å². The van der Waals surface area contributed by atoms with Crippen LogP contribution in [0.15, 0.2) is 18.2 Å². The van der Waals surface area contributed by atoms with E-state index in [1.165, 1.54) is 0 Å². The Hall–Kier alpha value is -1.81. The van der Waals surface area contributed by atoms with Crippen molar-refractivity contribution in [1.29, 1.82) is 5.26 Å². The van der Waals surface area contributed by atoms with Crippen molar-refractivity contribution >= 4 is 40.7 Å². The van der Waals surface area contributed by atoms with Crippen molar-refractivity contribution in [1.82, 2.24) is 10.2 Å². The van der Waals surface area contributed by atoms with E-state index in [1.807, 2.05) is 4.90 Å². The van der Waals surface area contributed by atoms with Crippen molar-refractivity contribution in [3.05, 3.63) is 28.2 Å². The number of anilines is 1. The van der Waals surface area contributed by atoms with Crippen LogP contribution in [0, 0.1) is 11.3 Å². The number of carbonyl (C=O) groups is 2. The molecule has 2 aliphatic rings. The molecule has 144 valence electrons. The number of halogens is 2. The lowest BCUT2D eigenvalue weighted by atomic mass is 10.00. The molecule has 0 aromatic heterocycles. The zero-order valence-corrected chi connectivity index (χ0v) is 16.4. The minimum Gasteiger partial charge on any atom is -0.337 e. The van der Waals surface area contributed by atoms with Crippen molar-refractivity contribution in [2.75, 3.05) is 18.4 Å². The molecule has 2 amide bonds. The smallest absolute Gasteiger partial charge is 0.241 e. The van der Waals surface area contributed by atoms with Crippen LogP contribution in [0.3, 0.4) is 0 Å². The molecule has 3 rings (SSSR count). The van der Waals surface area contributed by atoms with Crippen LogP contribution in [0.2, 0.25) is 10.0 Å². The van der Waals surface area contributed by atoms with Gasteiger partial charge in [-0.15, -0.1) is 0 Å². The number of nitriles is 1. The minimum atomic E-state index is -0.745. The second-order valence-electron chi connectivity index (χ2n) is 7.19. The summed E-state index contributed by atoms with van der Waals surface area (Å²) in [7, 11) is 0. The maximum absolute atomic E-state index is 12.7. The number of nitrogens with zero attached hydrogens (tertiary/aromatic N) is 2. The van der Waals surface area contributed by atoms with Crippen LogP contribution in [0.25, 0.3) is 0 Å². The SMILES string of the molecule is N#CC1(NC(=O)CN2CCC[C@@H]2C(=O)Nc2ccc(Cl)cc2Cl)CCCC1. The van der Waals surface area contributed by atoms with Gasteiger partial charge in [0.1, 0.15) is 5.54 Å². The Bertz CT molecular complexity index is 771. The summed E-state index contributed by atoms with van der Waals surface area (Å²) in [6.45, 7) is 0.773. The van der Waals surface area contributed by atoms with Crippen molar-refractivity contribution in [2.45, 2.75) is 50.1 Å². The molecule has 8 heteroatoms. The van der Waals surface area contributed by atoms with Gasteiger partial charge in [0.05, 0.1) is 29.4 Å². The molecule has 2 N–H and O–H groups in total. The van der Waals surface area contributed by atoms with E-state index >= 15 is 0 Å². The summed E-state index contributed by atoms with van der Waals surface area (Å²) in [6.07, 6.45) is 4.79. The monoisotopic (exact) mass is 408 g/mol. The molecule has 0 unspecified atom stereocenters. The highest BCUT2D eigenvalue weighted by molar-refractivity contribution is 6.36. The number of rotatable bonds is 5. The fourth-order valence-electron chi connectivity index (χ4n) is 3.85. The summed E-state index contributed by atoms with van der Waals surface area (Å²) in [4.78, 5) is 27.0. The van der Waals surface area contributed by atoms with Gasteiger partial charge in [0.2, 0.25) is 11.8 Å². The van der Waals surface area contributed by atoms with Gasteiger partial charge in [-0.1, -0.05) is 23.2 Å². The maximum Gasteiger partial charge on any atom is 0.241 e. The van der Waals surface area contributed by atoms with Crippen LogP contribution in [0.1, 0.15) is 38.5 Å². The van der Waals surface area contributed by atoms with E-state index in [2.05, 4.69) is 16.7 Å². The summed E-state index contributed by atoms with van der Waals surface area (Å²) in [5.41, 5.74) is -0.248. The third-order valence-corrected chi connectivity index (χ3v) is 5.80. The van der Waals surface area contributed by atoms with Crippen LogP contribution in [-0.2, 0) is 9.59 Å². The predicted molar refractivity (Wildman–Crippen MR) is 105 cm³/mol. The number of carbonyl (C=O) groups excluding carboxylic acids is 2. The van der Waals surface area contributed by atoms with E-state index in [0.717, 1.165) is 19.3 Å². The average Bonchev–Trinajstić information content (AvgIpc) is 3.27. The third-order valence-electron chi connectivity index (χ3n) is 5.25. The first-order valence-corrected chi connectivity index (χ1v) is 9.90. The molecule has 2 fully saturated rings. The number of likely N-dealkylation sites (tertiary alicyclic amines) is 1. The predicted octanol–water partition coefficient (Wildman–Crippen LogP) is 3.35. The summed E-state index contributed by atoms with van der Waals surface area (Å²) in [5.74, 6) is -0.400. The van der Waals surface area contributed by atoms with E-state index < -0.39 is 11.6 Å². The first kappa shape index (κ1) is 19.9. The van der Waals surface area contributed by atoms with Gasteiger partial charge < -0.3 is 10.6 Å². The number of hydrogen-bond donors (Lipinski definition) is 2. The van der Waals surface area contributed by atoms with Gasteiger partial charge >= 0.3 is 0 Å². The zero-order valence-electron chi connectivity index (χ0n) is 14.9. The molecule has 0 spiro atoms.